The second kappa shape index (κ2) is 7.13. The summed E-state index contributed by atoms with van der Waals surface area (Å²) in [5, 5.41) is 3.08. The lowest BCUT2D eigenvalue weighted by Gasteiger charge is -2.12. The van der Waals surface area contributed by atoms with Gasteiger partial charge in [-0.25, -0.2) is 13.2 Å². The van der Waals surface area contributed by atoms with Gasteiger partial charge in [0.25, 0.3) is 0 Å². The molecule has 0 heterocycles. The Balaban J connectivity index is 2.11. The van der Waals surface area contributed by atoms with Gasteiger partial charge in [0.1, 0.15) is 29.8 Å². The monoisotopic (exact) mass is 295 g/mol. The fourth-order valence-corrected chi connectivity index (χ4v) is 1.94. The summed E-state index contributed by atoms with van der Waals surface area (Å²) in [4.78, 5) is 0. The van der Waals surface area contributed by atoms with Gasteiger partial charge in [-0.05, 0) is 42.4 Å². The van der Waals surface area contributed by atoms with Gasteiger partial charge in [0.05, 0.1) is 0 Å². The predicted molar refractivity (Wildman–Crippen MR) is 74.5 cm³/mol. The van der Waals surface area contributed by atoms with Gasteiger partial charge >= 0.3 is 0 Å². The molecule has 5 heteroatoms. The Bertz CT molecular complexity index is 596. The van der Waals surface area contributed by atoms with Gasteiger partial charge in [0.2, 0.25) is 0 Å². The molecule has 0 saturated carbocycles. The van der Waals surface area contributed by atoms with Gasteiger partial charge in [0, 0.05) is 18.2 Å². The fourth-order valence-electron chi connectivity index (χ4n) is 1.94. The zero-order valence-electron chi connectivity index (χ0n) is 11.6. The van der Waals surface area contributed by atoms with E-state index < -0.39 is 11.6 Å². The van der Waals surface area contributed by atoms with E-state index in [1.807, 2.05) is 6.92 Å². The van der Waals surface area contributed by atoms with E-state index in [9.17, 15) is 13.2 Å². The molecule has 0 bridgehead atoms. The first-order valence-electron chi connectivity index (χ1n) is 6.65. The number of halogens is 3. The normalized spacial score (nSPS) is 10.7. The summed E-state index contributed by atoms with van der Waals surface area (Å²) in [6, 6.07) is 7.39. The zero-order chi connectivity index (χ0) is 15.2. The molecular weight excluding hydrogens is 279 g/mol. The minimum Gasteiger partial charge on any atom is -0.489 e. The lowest BCUT2D eigenvalue weighted by Crippen LogP contribution is -2.13. The van der Waals surface area contributed by atoms with E-state index in [0.717, 1.165) is 12.6 Å². The van der Waals surface area contributed by atoms with Crippen LogP contribution >= 0.6 is 0 Å². The van der Waals surface area contributed by atoms with E-state index in [0.29, 0.717) is 23.4 Å². The van der Waals surface area contributed by atoms with Gasteiger partial charge < -0.3 is 10.1 Å². The molecular formula is C16H16F3NO. The Labute approximate surface area is 121 Å². The topological polar surface area (TPSA) is 21.3 Å². The molecule has 1 N–H and O–H groups in total. The van der Waals surface area contributed by atoms with E-state index >= 15 is 0 Å². The second-order valence-electron chi connectivity index (χ2n) is 4.60. The molecule has 0 atom stereocenters. The number of hydrogen-bond donors (Lipinski definition) is 1. The molecule has 0 aliphatic carbocycles. The summed E-state index contributed by atoms with van der Waals surface area (Å²) in [6.45, 7) is 3.15. The van der Waals surface area contributed by atoms with Crippen LogP contribution in [-0.2, 0) is 13.2 Å². The molecule has 0 aliphatic rings. The van der Waals surface area contributed by atoms with E-state index in [1.54, 1.807) is 0 Å². The number of nitrogens with one attached hydrogen (secondary N) is 1. The van der Waals surface area contributed by atoms with E-state index in [2.05, 4.69) is 5.32 Å². The molecule has 21 heavy (non-hydrogen) atoms. The predicted octanol–water partition coefficient (Wildman–Crippen LogP) is 3.79. The van der Waals surface area contributed by atoms with Gasteiger partial charge in [0.15, 0.2) is 0 Å². The summed E-state index contributed by atoms with van der Waals surface area (Å²) in [7, 11) is 0. The first-order chi connectivity index (χ1) is 10.1. The summed E-state index contributed by atoms with van der Waals surface area (Å²) < 4.78 is 45.0. The molecule has 2 rings (SSSR count). The van der Waals surface area contributed by atoms with Crippen LogP contribution in [0.15, 0.2) is 36.4 Å². The Morgan fingerprint density at radius 1 is 0.952 bits per heavy atom. The second-order valence-corrected chi connectivity index (χ2v) is 4.60. The summed E-state index contributed by atoms with van der Waals surface area (Å²) in [6.07, 6.45) is 0. The van der Waals surface area contributed by atoms with Crippen LogP contribution < -0.4 is 10.1 Å². The Kier molecular flexibility index (Phi) is 5.22. The highest BCUT2D eigenvalue weighted by molar-refractivity contribution is 5.34. The minimum atomic E-state index is -0.652. The Hall–Kier alpha value is -2.01. The highest BCUT2D eigenvalue weighted by Crippen LogP contribution is 2.21. The lowest BCUT2D eigenvalue weighted by molar-refractivity contribution is 0.300. The van der Waals surface area contributed by atoms with Crippen molar-refractivity contribution < 1.29 is 17.9 Å². The third-order valence-electron chi connectivity index (χ3n) is 2.90. The molecule has 0 radical (unpaired) electrons. The molecule has 0 spiro atoms. The van der Waals surface area contributed by atoms with Crippen molar-refractivity contribution in [3.8, 4) is 5.75 Å². The minimum absolute atomic E-state index is 0.0133. The molecule has 0 fully saturated rings. The highest BCUT2D eigenvalue weighted by atomic mass is 19.1. The van der Waals surface area contributed by atoms with Crippen molar-refractivity contribution in [2.75, 3.05) is 6.54 Å². The molecule has 2 aromatic rings. The van der Waals surface area contributed by atoms with E-state index in [1.165, 1.54) is 30.3 Å². The number of benzene rings is 2. The van der Waals surface area contributed by atoms with Gasteiger partial charge in [-0.2, -0.15) is 0 Å². The van der Waals surface area contributed by atoms with Crippen molar-refractivity contribution in [1.82, 2.24) is 5.32 Å². The van der Waals surface area contributed by atoms with Crippen molar-refractivity contribution in [2.24, 2.45) is 0 Å². The maximum Gasteiger partial charge on any atom is 0.126 e. The van der Waals surface area contributed by atoms with Crippen LogP contribution in [0.3, 0.4) is 0 Å². The van der Waals surface area contributed by atoms with E-state index in [4.69, 9.17) is 4.74 Å². The molecule has 0 amide bonds. The number of ether oxygens (including phenoxy) is 1. The van der Waals surface area contributed by atoms with E-state index in [-0.39, 0.29) is 12.4 Å². The molecule has 2 aromatic carbocycles. The standard InChI is InChI=1S/C16H16F3NO/c1-2-20-9-12-7-13(17)3-4-16(12)21-10-11-5-14(18)8-15(19)6-11/h3-8,20H,2,9-10H2,1H3. The number of rotatable bonds is 6. The number of hydrogen-bond acceptors (Lipinski definition) is 2. The highest BCUT2D eigenvalue weighted by Gasteiger charge is 2.07. The van der Waals surface area contributed by atoms with Crippen molar-refractivity contribution in [3.05, 3.63) is 65.0 Å². The third kappa shape index (κ3) is 4.49. The Morgan fingerprint density at radius 3 is 2.33 bits per heavy atom. The van der Waals surface area contributed by atoms with Crippen molar-refractivity contribution in [3.63, 3.8) is 0 Å². The van der Waals surface area contributed by atoms with Crippen molar-refractivity contribution in [1.29, 1.82) is 0 Å². The largest absolute Gasteiger partial charge is 0.489 e. The van der Waals surface area contributed by atoms with Crippen LogP contribution in [0.2, 0.25) is 0 Å². The average Bonchev–Trinajstić information content (AvgIpc) is 2.43. The van der Waals surface area contributed by atoms with Crippen molar-refractivity contribution in [2.45, 2.75) is 20.1 Å². The van der Waals surface area contributed by atoms with Crippen LogP contribution in [0.4, 0.5) is 13.2 Å². The Morgan fingerprint density at radius 2 is 1.67 bits per heavy atom. The average molecular weight is 295 g/mol. The molecule has 2 nitrogen and oxygen atoms in total. The maximum atomic E-state index is 13.3. The van der Waals surface area contributed by atoms with Crippen LogP contribution in [-0.4, -0.2) is 6.54 Å². The smallest absolute Gasteiger partial charge is 0.126 e. The summed E-state index contributed by atoms with van der Waals surface area (Å²) >= 11 is 0. The van der Waals surface area contributed by atoms with Crippen molar-refractivity contribution >= 4 is 0 Å². The third-order valence-corrected chi connectivity index (χ3v) is 2.90. The molecule has 0 saturated heterocycles. The molecule has 0 unspecified atom stereocenters. The zero-order valence-corrected chi connectivity index (χ0v) is 11.6. The van der Waals surface area contributed by atoms with Gasteiger partial charge in [-0.1, -0.05) is 6.92 Å². The lowest BCUT2D eigenvalue weighted by atomic mass is 10.2. The fraction of sp³-hybridized carbons (Fsp3) is 0.250. The molecule has 112 valence electrons. The molecule has 0 aromatic heterocycles. The summed E-state index contributed by atoms with van der Waals surface area (Å²) in [5.74, 6) is -1.17. The summed E-state index contributed by atoms with van der Waals surface area (Å²) in [5.41, 5.74) is 1.04. The SMILES string of the molecule is CCNCc1cc(F)ccc1OCc1cc(F)cc(F)c1. The van der Waals surface area contributed by atoms with Crippen LogP contribution in [0, 0.1) is 17.5 Å². The molecule has 0 aliphatic heterocycles. The van der Waals surface area contributed by atoms with Gasteiger partial charge in [-0.15, -0.1) is 0 Å². The van der Waals surface area contributed by atoms with Crippen LogP contribution in [0.1, 0.15) is 18.1 Å². The van der Waals surface area contributed by atoms with Crippen LogP contribution in [0.5, 0.6) is 5.75 Å². The first kappa shape index (κ1) is 15.4. The first-order valence-corrected chi connectivity index (χ1v) is 6.65. The van der Waals surface area contributed by atoms with Gasteiger partial charge in [-0.3, -0.25) is 0 Å². The quantitative estimate of drug-likeness (QED) is 0.875. The van der Waals surface area contributed by atoms with Crippen LogP contribution in [0.25, 0.3) is 0 Å². The maximum absolute atomic E-state index is 13.3.